The maximum atomic E-state index is 13.1. The number of benzene rings is 3. The number of sulfone groups is 1. The molecule has 1 fully saturated rings. The van der Waals surface area contributed by atoms with Crippen molar-refractivity contribution in [3.8, 4) is 5.75 Å². The van der Waals surface area contributed by atoms with Crippen LogP contribution < -0.4 is 4.74 Å². The van der Waals surface area contributed by atoms with Gasteiger partial charge in [0.05, 0.1) is 17.6 Å². The molecule has 0 saturated carbocycles. The van der Waals surface area contributed by atoms with E-state index in [2.05, 4.69) is 0 Å². The van der Waals surface area contributed by atoms with E-state index in [4.69, 9.17) is 18.9 Å². The van der Waals surface area contributed by atoms with Gasteiger partial charge in [-0.3, -0.25) is 0 Å². The summed E-state index contributed by atoms with van der Waals surface area (Å²) in [6, 6.07) is 21.5. The van der Waals surface area contributed by atoms with Gasteiger partial charge < -0.3 is 18.9 Å². The van der Waals surface area contributed by atoms with E-state index in [9.17, 15) is 8.42 Å². The van der Waals surface area contributed by atoms with Crippen LogP contribution in [0.4, 0.5) is 0 Å². The van der Waals surface area contributed by atoms with E-state index in [1.54, 1.807) is 7.11 Å². The van der Waals surface area contributed by atoms with Crippen molar-refractivity contribution in [1.29, 1.82) is 0 Å². The largest absolute Gasteiger partial charge is 0.467 e. The molecule has 35 heavy (non-hydrogen) atoms. The molecule has 188 valence electrons. The van der Waals surface area contributed by atoms with Crippen molar-refractivity contribution in [2.75, 3.05) is 32.0 Å². The molecular weight excluding hydrogens is 464 g/mol. The molecule has 1 aliphatic rings. The molecule has 1 aliphatic heterocycles. The molecule has 0 N–H and O–H groups in total. The fourth-order valence-corrected chi connectivity index (χ4v) is 5.98. The average molecular weight is 499 g/mol. The molecule has 7 heteroatoms. The Bertz CT molecular complexity index is 1170. The van der Waals surface area contributed by atoms with E-state index in [1.165, 1.54) is 0 Å². The monoisotopic (exact) mass is 498 g/mol. The first-order valence-electron chi connectivity index (χ1n) is 12.2. The van der Waals surface area contributed by atoms with Crippen molar-refractivity contribution in [3.05, 3.63) is 77.9 Å². The summed E-state index contributed by atoms with van der Waals surface area (Å²) in [6.07, 6.45) is 3.14. The third kappa shape index (κ3) is 7.27. The first kappa shape index (κ1) is 25.6. The molecule has 0 aliphatic carbocycles. The van der Waals surface area contributed by atoms with Gasteiger partial charge in [0.25, 0.3) is 0 Å². The van der Waals surface area contributed by atoms with Crippen LogP contribution in [-0.4, -0.2) is 46.7 Å². The maximum absolute atomic E-state index is 13.1. The summed E-state index contributed by atoms with van der Waals surface area (Å²) in [5.74, 6) is 0.801. The van der Waals surface area contributed by atoms with Crippen molar-refractivity contribution >= 4 is 20.6 Å². The van der Waals surface area contributed by atoms with Crippen molar-refractivity contribution in [2.24, 2.45) is 0 Å². The number of fused-ring (bicyclic) bond motifs is 1. The molecule has 1 saturated heterocycles. The third-order valence-corrected chi connectivity index (χ3v) is 7.96. The summed E-state index contributed by atoms with van der Waals surface area (Å²) in [6.45, 7) is 0.834. The smallest absolute Gasteiger partial charge is 0.188 e. The second-order valence-electron chi connectivity index (χ2n) is 8.87. The van der Waals surface area contributed by atoms with Crippen LogP contribution in [0.1, 0.15) is 42.9 Å². The Hall–Kier alpha value is -2.45. The van der Waals surface area contributed by atoms with Crippen molar-refractivity contribution in [1.82, 2.24) is 0 Å². The highest BCUT2D eigenvalue weighted by Gasteiger charge is 2.26. The lowest BCUT2D eigenvalue weighted by Crippen LogP contribution is -2.28. The number of hydrogen-bond acceptors (Lipinski definition) is 6. The Morgan fingerprint density at radius 3 is 2.54 bits per heavy atom. The molecule has 3 aromatic rings. The third-order valence-electron chi connectivity index (χ3n) is 6.24. The maximum Gasteiger partial charge on any atom is 0.188 e. The van der Waals surface area contributed by atoms with Crippen LogP contribution in [0.3, 0.4) is 0 Å². The summed E-state index contributed by atoms with van der Waals surface area (Å²) >= 11 is 0. The van der Waals surface area contributed by atoms with Crippen LogP contribution in [-0.2, 0) is 30.5 Å². The van der Waals surface area contributed by atoms with E-state index in [0.29, 0.717) is 19.4 Å². The SMILES string of the molecule is COCOc1cccc2c(CCCS(=O)(=O)CC(OC3CCCCO3)c3ccccc3)cccc12. The van der Waals surface area contributed by atoms with Crippen LogP contribution in [0.15, 0.2) is 66.7 Å². The highest BCUT2D eigenvalue weighted by molar-refractivity contribution is 7.91. The van der Waals surface area contributed by atoms with Gasteiger partial charge in [-0.15, -0.1) is 0 Å². The summed E-state index contributed by atoms with van der Waals surface area (Å²) in [4.78, 5) is 0. The molecule has 0 aromatic heterocycles. The fourth-order valence-electron chi connectivity index (χ4n) is 4.49. The minimum absolute atomic E-state index is 0.0542. The van der Waals surface area contributed by atoms with Crippen LogP contribution in [0, 0.1) is 0 Å². The fraction of sp³-hybridized carbons (Fsp3) is 0.429. The van der Waals surface area contributed by atoms with Gasteiger partial charge in [-0.25, -0.2) is 8.42 Å². The standard InChI is InChI=1S/C28H34O6S/c1-31-21-33-26-16-8-14-24-22(12-7-15-25(24)26)13-9-19-35(29,30)20-27(23-10-3-2-4-11-23)34-28-17-5-6-18-32-28/h2-4,7-8,10-12,14-16,27-28H,5-6,9,13,17-21H2,1H3. The Labute approximate surface area is 208 Å². The quantitative estimate of drug-likeness (QED) is 0.309. The summed E-state index contributed by atoms with van der Waals surface area (Å²) in [7, 11) is -1.76. The lowest BCUT2D eigenvalue weighted by molar-refractivity contribution is -0.185. The van der Waals surface area contributed by atoms with Gasteiger partial charge in [-0.05, 0) is 54.7 Å². The van der Waals surface area contributed by atoms with E-state index >= 15 is 0 Å². The number of hydrogen-bond donors (Lipinski definition) is 0. The zero-order valence-electron chi connectivity index (χ0n) is 20.2. The summed E-state index contributed by atoms with van der Waals surface area (Å²) in [5.41, 5.74) is 1.97. The van der Waals surface area contributed by atoms with E-state index in [-0.39, 0.29) is 24.6 Å². The molecule has 0 amide bonds. The molecule has 2 unspecified atom stereocenters. The Morgan fingerprint density at radius 1 is 0.971 bits per heavy atom. The Morgan fingerprint density at radius 2 is 1.77 bits per heavy atom. The number of methoxy groups -OCH3 is 1. The minimum atomic E-state index is -3.35. The van der Waals surface area contributed by atoms with E-state index < -0.39 is 15.9 Å². The molecular formula is C28H34O6S. The molecule has 4 rings (SSSR count). The molecule has 6 nitrogen and oxygen atoms in total. The van der Waals surface area contributed by atoms with E-state index in [0.717, 1.165) is 46.9 Å². The van der Waals surface area contributed by atoms with Gasteiger partial charge in [0.2, 0.25) is 0 Å². The normalized spacial score (nSPS) is 17.3. The molecule has 0 spiro atoms. The lowest BCUT2D eigenvalue weighted by Gasteiger charge is -2.28. The summed E-state index contributed by atoms with van der Waals surface area (Å²) < 4.78 is 48.9. The van der Waals surface area contributed by atoms with E-state index in [1.807, 2.05) is 66.7 Å². The van der Waals surface area contributed by atoms with Crippen molar-refractivity contribution < 1.29 is 27.4 Å². The first-order valence-corrected chi connectivity index (χ1v) is 14.0. The molecule has 0 radical (unpaired) electrons. The highest BCUT2D eigenvalue weighted by atomic mass is 32.2. The van der Waals surface area contributed by atoms with Crippen LogP contribution in [0.2, 0.25) is 0 Å². The molecule has 0 bridgehead atoms. The predicted octanol–water partition coefficient (Wildman–Crippen LogP) is 5.45. The second-order valence-corrected chi connectivity index (χ2v) is 11.1. The summed E-state index contributed by atoms with van der Waals surface area (Å²) in [5, 5.41) is 2.06. The molecule has 3 aromatic carbocycles. The first-order chi connectivity index (χ1) is 17.1. The number of rotatable bonds is 12. The molecule has 1 heterocycles. The molecule has 2 atom stereocenters. The predicted molar refractivity (Wildman–Crippen MR) is 137 cm³/mol. The minimum Gasteiger partial charge on any atom is -0.467 e. The number of aryl methyl sites for hydroxylation is 1. The van der Waals surface area contributed by atoms with Crippen LogP contribution >= 0.6 is 0 Å². The van der Waals surface area contributed by atoms with Gasteiger partial charge in [0.1, 0.15) is 5.75 Å². The van der Waals surface area contributed by atoms with Gasteiger partial charge in [0.15, 0.2) is 22.9 Å². The topological polar surface area (TPSA) is 71.1 Å². The van der Waals surface area contributed by atoms with Gasteiger partial charge in [-0.2, -0.15) is 0 Å². The zero-order valence-corrected chi connectivity index (χ0v) is 21.0. The van der Waals surface area contributed by atoms with Gasteiger partial charge >= 0.3 is 0 Å². The zero-order chi connectivity index (χ0) is 24.5. The van der Waals surface area contributed by atoms with Gasteiger partial charge in [-0.1, -0.05) is 60.7 Å². The van der Waals surface area contributed by atoms with Gasteiger partial charge in [0, 0.05) is 19.1 Å². The van der Waals surface area contributed by atoms with Crippen LogP contribution in [0.25, 0.3) is 10.8 Å². The van der Waals surface area contributed by atoms with Crippen molar-refractivity contribution in [2.45, 2.75) is 44.5 Å². The Balaban J connectivity index is 1.41. The van der Waals surface area contributed by atoms with Crippen LogP contribution in [0.5, 0.6) is 5.75 Å². The lowest BCUT2D eigenvalue weighted by atomic mass is 10.0. The highest BCUT2D eigenvalue weighted by Crippen LogP contribution is 2.29. The van der Waals surface area contributed by atoms with Crippen molar-refractivity contribution in [3.63, 3.8) is 0 Å². The number of ether oxygens (including phenoxy) is 4. The second kappa shape index (κ2) is 12.5. The Kier molecular flexibility index (Phi) is 9.15. The average Bonchev–Trinajstić information content (AvgIpc) is 2.88.